The third-order valence-electron chi connectivity index (χ3n) is 4.27. The topological polar surface area (TPSA) is 34.0 Å². The molecule has 0 saturated carbocycles. The maximum absolute atomic E-state index is 13.6. The molecule has 2 aromatic carbocycles. The fourth-order valence-electron chi connectivity index (χ4n) is 2.77. The van der Waals surface area contributed by atoms with Gasteiger partial charge in [-0.3, -0.25) is 0 Å². The Morgan fingerprint density at radius 1 is 0.833 bits per heavy atom. The van der Waals surface area contributed by atoms with Crippen LogP contribution in [-0.2, 0) is 6.42 Å². The van der Waals surface area contributed by atoms with Gasteiger partial charge < -0.3 is 4.74 Å². The van der Waals surface area contributed by atoms with Crippen molar-refractivity contribution in [1.29, 1.82) is 0 Å². The molecule has 0 bridgehead atoms. The SMILES string of the molecule is CCCCCCCc1ccc(/C=N/N=C\c2cc(F)c(OC(F)(F)F)c(F)c2)cc1. The monoisotopic (exact) mass is 426 g/mol. The molecule has 0 heterocycles. The van der Waals surface area contributed by atoms with Crippen LogP contribution in [0.3, 0.4) is 0 Å². The zero-order valence-corrected chi connectivity index (χ0v) is 16.6. The number of halogens is 5. The zero-order valence-electron chi connectivity index (χ0n) is 16.6. The molecule has 8 heteroatoms. The van der Waals surface area contributed by atoms with Crippen LogP contribution in [0.15, 0.2) is 46.6 Å². The van der Waals surface area contributed by atoms with Gasteiger partial charge in [-0.1, -0.05) is 56.9 Å². The summed E-state index contributed by atoms with van der Waals surface area (Å²) in [7, 11) is 0. The standard InChI is InChI=1S/C22H23F5N2O/c1-2-3-4-5-6-7-16-8-10-17(11-9-16)14-28-29-15-18-12-19(23)21(20(24)13-18)30-22(25,26)27/h8-15H,2-7H2,1H3/b28-14+,29-15-. The Balaban J connectivity index is 1.90. The highest BCUT2D eigenvalue weighted by atomic mass is 19.4. The lowest BCUT2D eigenvalue weighted by Crippen LogP contribution is -2.19. The maximum atomic E-state index is 13.6. The Morgan fingerprint density at radius 3 is 1.97 bits per heavy atom. The number of nitrogens with zero attached hydrogens (tertiary/aromatic N) is 2. The highest BCUT2D eigenvalue weighted by Gasteiger charge is 2.34. The summed E-state index contributed by atoms with van der Waals surface area (Å²) in [5.41, 5.74) is 1.95. The van der Waals surface area contributed by atoms with E-state index in [1.807, 2.05) is 24.3 Å². The molecule has 0 aliphatic rings. The van der Waals surface area contributed by atoms with Crippen LogP contribution in [-0.4, -0.2) is 18.8 Å². The molecule has 3 nitrogen and oxygen atoms in total. The van der Waals surface area contributed by atoms with E-state index in [1.165, 1.54) is 37.5 Å². The fraction of sp³-hybridized carbons (Fsp3) is 0.364. The lowest BCUT2D eigenvalue weighted by atomic mass is 10.0. The molecule has 30 heavy (non-hydrogen) atoms. The second-order valence-electron chi connectivity index (χ2n) is 6.76. The van der Waals surface area contributed by atoms with Crippen LogP contribution in [0.5, 0.6) is 5.75 Å². The van der Waals surface area contributed by atoms with Gasteiger partial charge in [-0.05, 0) is 36.1 Å². The third kappa shape index (κ3) is 8.31. The molecule has 162 valence electrons. The first kappa shape index (κ1) is 23.5. The van der Waals surface area contributed by atoms with E-state index in [1.54, 1.807) is 0 Å². The third-order valence-corrected chi connectivity index (χ3v) is 4.27. The number of unbranched alkanes of at least 4 members (excludes halogenated alkanes) is 4. The van der Waals surface area contributed by atoms with E-state index in [2.05, 4.69) is 21.9 Å². The molecule has 0 aliphatic carbocycles. The average molecular weight is 426 g/mol. The van der Waals surface area contributed by atoms with Gasteiger partial charge in [0, 0.05) is 5.56 Å². The van der Waals surface area contributed by atoms with E-state index in [4.69, 9.17) is 0 Å². The highest BCUT2D eigenvalue weighted by Crippen LogP contribution is 2.29. The summed E-state index contributed by atoms with van der Waals surface area (Å²) in [6.07, 6.45) is 4.44. The van der Waals surface area contributed by atoms with Crippen molar-refractivity contribution in [1.82, 2.24) is 0 Å². The molecule has 0 spiro atoms. The van der Waals surface area contributed by atoms with Crippen molar-refractivity contribution in [3.05, 3.63) is 64.7 Å². The number of ether oxygens (including phenoxy) is 1. The number of hydrogen-bond acceptors (Lipinski definition) is 3. The Morgan fingerprint density at radius 2 is 1.40 bits per heavy atom. The predicted octanol–water partition coefficient (Wildman–Crippen LogP) is 6.83. The van der Waals surface area contributed by atoms with Gasteiger partial charge >= 0.3 is 6.36 Å². The largest absolute Gasteiger partial charge is 0.573 e. The van der Waals surface area contributed by atoms with Crippen LogP contribution in [0, 0.1) is 11.6 Å². The van der Waals surface area contributed by atoms with Crippen molar-refractivity contribution in [2.75, 3.05) is 0 Å². The van der Waals surface area contributed by atoms with Crippen molar-refractivity contribution in [3.8, 4) is 5.75 Å². The molecule has 0 saturated heterocycles. The molecule has 0 amide bonds. The van der Waals surface area contributed by atoms with E-state index in [9.17, 15) is 22.0 Å². The van der Waals surface area contributed by atoms with Gasteiger partial charge in [-0.25, -0.2) is 8.78 Å². The lowest BCUT2D eigenvalue weighted by Gasteiger charge is -2.10. The number of alkyl halides is 3. The Labute approximate surface area is 172 Å². The van der Waals surface area contributed by atoms with Gasteiger partial charge in [-0.2, -0.15) is 10.2 Å². The van der Waals surface area contributed by atoms with Gasteiger partial charge in [0.15, 0.2) is 11.6 Å². The normalized spacial score (nSPS) is 12.2. The molecule has 0 fully saturated rings. The van der Waals surface area contributed by atoms with Crippen molar-refractivity contribution >= 4 is 12.4 Å². The zero-order chi connectivity index (χ0) is 22.0. The van der Waals surface area contributed by atoms with Crippen molar-refractivity contribution in [2.24, 2.45) is 10.2 Å². The summed E-state index contributed by atoms with van der Waals surface area (Å²) in [6.45, 7) is 2.18. The molecule has 2 rings (SSSR count). The van der Waals surface area contributed by atoms with Gasteiger partial charge in [-0.15, -0.1) is 13.2 Å². The van der Waals surface area contributed by atoms with Gasteiger partial charge in [0.25, 0.3) is 0 Å². The smallest absolute Gasteiger partial charge is 0.399 e. The summed E-state index contributed by atoms with van der Waals surface area (Å²) in [6, 6.07) is 9.16. The first-order valence-corrected chi connectivity index (χ1v) is 9.68. The molecule has 0 N–H and O–H groups in total. The summed E-state index contributed by atoms with van der Waals surface area (Å²) in [4.78, 5) is 0. The van der Waals surface area contributed by atoms with Crippen molar-refractivity contribution < 1.29 is 26.7 Å². The van der Waals surface area contributed by atoms with E-state index >= 15 is 0 Å². The van der Waals surface area contributed by atoms with Gasteiger partial charge in [0.05, 0.1) is 12.4 Å². The summed E-state index contributed by atoms with van der Waals surface area (Å²) < 4.78 is 67.0. The number of hydrogen-bond donors (Lipinski definition) is 0. The van der Waals surface area contributed by atoms with Gasteiger partial charge in [0.1, 0.15) is 0 Å². The van der Waals surface area contributed by atoms with Crippen molar-refractivity contribution in [2.45, 2.75) is 51.8 Å². The minimum Gasteiger partial charge on any atom is -0.399 e. The summed E-state index contributed by atoms with van der Waals surface area (Å²) >= 11 is 0. The van der Waals surface area contributed by atoms with Crippen molar-refractivity contribution in [3.63, 3.8) is 0 Å². The average Bonchev–Trinajstić information content (AvgIpc) is 2.68. The van der Waals surface area contributed by atoms with Crippen LogP contribution in [0.4, 0.5) is 22.0 Å². The maximum Gasteiger partial charge on any atom is 0.573 e. The number of benzene rings is 2. The predicted molar refractivity (Wildman–Crippen MR) is 107 cm³/mol. The molecular formula is C22H23F5N2O. The molecule has 0 aliphatic heterocycles. The molecule has 2 aromatic rings. The highest BCUT2D eigenvalue weighted by molar-refractivity contribution is 5.82. The Hall–Kier alpha value is -2.77. The van der Waals surface area contributed by atoms with Crippen LogP contribution in [0.1, 0.15) is 55.7 Å². The van der Waals surface area contributed by atoms with E-state index in [0.717, 1.165) is 24.6 Å². The molecule has 0 unspecified atom stereocenters. The molecule has 0 atom stereocenters. The lowest BCUT2D eigenvalue weighted by molar-refractivity contribution is -0.276. The fourth-order valence-corrected chi connectivity index (χ4v) is 2.77. The van der Waals surface area contributed by atoms with E-state index in [-0.39, 0.29) is 5.56 Å². The second-order valence-corrected chi connectivity index (χ2v) is 6.76. The summed E-state index contributed by atoms with van der Waals surface area (Å²) in [5.74, 6) is -4.47. The quantitative estimate of drug-likeness (QED) is 0.177. The van der Waals surface area contributed by atoms with Crippen LogP contribution in [0.2, 0.25) is 0 Å². The Kier molecular flexibility index (Phi) is 8.95. The Bertz CT molecular complexity index is 838. The minimum atomic E-state index is -5.19. The molecule has 0 radical (unpaired) electrons. The van der Waals surface area contributed by atoms with Gasteiger partial charge in [0.2, 0.25) is 5.75 Å². The van der Waals surface area contributed by atoms with Crippen LogP contribution in [0.25, 0.3) is 0 Å². The van der Waals surface area contributed by atoms with E-state index in [0.29, 0.717) is 12.1 Å². The van der Waals surface area contributed by atoms with Crippen LogP contribution < -0.4 is 4.74 Å². The molecular weight excluding hydrogens is 403 g/mol. The molecule has 0 aromatic heterocycles. The van der Waals surface area contributed by atoms with E-state index < -0.39 is 23.7 Å². The minimum absolute atomic E-state index is 0.0879. The number of rotatable bonds is 10. The second kappa shape index (κ2) is 11.4. The first-order chi connectivity index (χ1) is 14.3. The summed E-state index contributed by atoms with van der Waals surface area (Å²) in [5, 5.41) is 7.46. The first-order valence-electron chi connectivity index (χ1n) is 9.68. The van der Waals surface area contributed by atoms with Crippen LogP contribution >= 0.6 is 0 Å². The number of aryl methyl sites for hydroxylation is 1.